The summed E-state index contributed by atoms with van der Waals surface area (Å²) in [4.78, 5) is 125. The summed E-state index contributed by atoms with van der Waals surface area (Å²) >= 11 is 2.09. The van der Waals surface area contributed by atoms with Crippen LogP contribution in [0.1, 0.15) is 102 Å². The van der Waals surface area contributed by atoms with Gasteiger partial charge in [-0.2, -0.15) is 10.5 Å². The second-order valence-corrected chi connectivity index (χ2v) is 22.4. The number of rotatable bonds is 28. The van der Waals surface area contributed by atoms with E-state index in [1.165, 1.54) is 26.0 Å². The van der Waals surface area contributed by atoms with Crippen LogP contribution in [0, 0.1) is 46.3 Å². The van der Waals surface area contributed by atoms with E-state index in [-0.39, 0.29) is 93.5 Å². The van der Waals surface area contributed by atoms with Gasteiger partial charge in [-0.05, 0) is 113 Å². The molecule has 2 saturated carbocycles. The van der Waals surface area contributed by atoms with Gasteiger partial charge in [-0.15, -0.1) is 0 Å². The van der Waals surface area contributed by atoms with E-state index >= 15 is 0 Å². The zero-order chi connectivity index (χ0) is 62.1. The summed E-state index contributed by atoms with van der Waals surface area (Å²) in [6, 6.07) is 20.2. The van der Waals surface area contributed by atoms with Crippen LogP contribution in [0.15, 0.2) is 105 Å². The molecule has 0 saturated heterocycles. The van der Waals surface area contributed by atoms with Crippen LogP contribution in [-0.4, -0.2) is 99.3 Å². The van der Waals surface area contributed by atoms with Gasteiger partial charge < -0.3 is 47.4 Å². The van der Waals surface area contributed by atoms with E-state index in [1.54, 1.807) is 48.5 Å². The second-order valence-electron chi connectivity index (χ2n) is 20.1. The lowest BCUT2D eigenvalue weighted by atomic mass is 9.82. The topological polar surface area (TPSA) is 311 Å². The van der Waals surface area contributed by atoms with Crippen molar-refractivity contribution in [1.29, 1.82) is 10.5 Å². The Balaban J connectivity index is 0.894. The number of esters is 10. The Morgan fingerprint density at radius 2 is 0.721 bits per heavy atom. The summed E-state index contributed by atoms with van der Waals surface area (Å²) in [7, 11) is 0. The maximum Gasteiger partial charge on any atom is 0.333 e. The molecule has 454 valence electrons. The molecule has 0 spiro atoms. The first kappa shape index (κ1) is 66.4. The Morgan fingerprint density at radius 3 is 1.02 bits per heavy atom. The molecule has 22 nitrogen and oxygen atoms in total. The molecule has 0 aromatic heterocycles. The smallest absolute Gasteiger partial charge is 0.333 e. The maximum absolute atomic E-state index is 13.7. The third-order valence-corrected chi connectivity index (χ3v) is 16.2. The van der Waals surface area contributed by atoms with Crippen molar-refractivity contribution in [1.82, 2.24) is 0 Å². The van der Waals surface area contributed by atoms with Crippen LogP contribution in [0.5, 0.6) is 23.0 Å². The van der Waals surface area contributed by atoms with Crippen molar-refractivity contribution in [3.05, 3.63) is 106 Å². The van der Waals surface area contributed by atoms with Crippen molar-refractivity contribution >= 4 is 83.2 Å². The highest BCUT2D eigenvalue weighted by atomic mass is 32.2. The summed E-state index contributed by atoms with van der Waals surface area (Å²) in [6.07, 6.45) is 2.74. The monoisotopic (exact) mass is 1220 g/mol. The van der Waals surface area contributed by atoms with Crippen molar-refractivity contribution < 1.29 is 95.3 Å². The van der Waals surface area contributed by atoms with Crippen molar-refractivity contribution in [2.45, 2.75) is 114 Å². The van der Waals surface area contributed by atoms with E-state index in [2.05, 4.69) is 13.2 Å². The van der Waals surface area contributed by atoms with Gasteiger partial charge >= 0.3 is 59.7 Å². The van der Waals surface area contributed by atoms with Crippen LogP contribution in [-0.2, 0) is 89.2 Å². The van der Waals surface area contributed by atoms with Gasteiger partial charge in [0.1, 0.15) is 67.1 Å². The van der Waals surface area contributed by atoms with Gasteiger partial charge in [0.05, 0.1) is 76.6 Å². The summed E-state index contributed by atoms with van der Waals surface area (Å²) in [5.41, 5.74) is 1.87. The van der Waals surface area contributed by atoms with E-state index in [0.29, 0.717) is 89.7 Å². The molecule has 2 aliphatic carbocycles. The van der Waals surface area contributed by atoms with Gasteiger partial charge in [0.15, 0.2) is 0 Å². The van der Waals surface area contributed by atoms with Crippen molar-refractivity contribution in [3.8, 4) is 35.1 Å². The summed E-state index contributed by atoms with van der Waals surface area (Å²) < 4.78 is 53.5. The Hall–Kier alpha value is -8.74. The molecule has 24 heteroatoms. The predicted octanol–water partition coefficient (Wildman–Crippen LogP) is 8.83. The normalized spacial score (nSPS) is 16.6. The van der Waals surface area contributed by atoms with Crippen molar-refractivity contribution in [2.75, 3.05) is 39.6 Å². The lowest BCUT2D eigenvalue weighted by Gasteiger charge is -2.26. The number of hydrogen-bond donors (Lipinski definition) is 0. The van der Waals surface area contributed by atoms with Crippen LogP contribution in [0.2, 0.25) is 0 Å². The van der Waals surface area contributed by atoms with E-state index in [9.17, 15) is 58.5 Å². The molecule has 0 bridgehead atoms. The molecule has 0 radical (unpaired) electrons. The number of carbonyl (C=O) groups excluding carboxylic acids is 10. The molecule has 3 aliphatic rings. The number of allylic oxidation sites excluding steroid dienone is 1. The highest BCUT2D eigenvalue weighted by Crippen LogP contribution is 2.59. The largest absolute Gasteiger partial charge is 0.465 e. The summed E-state index contributed by atoms with van der Waals surface area (Å²) in [5.74, 6) is -6.74. The molecule has 86 heavy (non-hydrogen) atoms. The Morgan fingerprint density at radius 1 is 0.430 bits per heavy atom. The first-order valence-corrected chi connectivity index (χ1v) is 29.3. The van der Waals surface area contributed by atoms with E-state index < -0.39 is 83.4 Å². The molecule has 3 aromatic rings. The number of carbonyl (C=O) groups is 10. The molecular weight excluding hydrogens is 1160 g/mol. The minimum atomic E-state index is -0.639. The third kappa shape index (κ3) is 21.1. The molecule has 0 amide bonds. The van der Waals surface area contributed by atoms with E-state index in [4.69, 9.17) is 47.4 Å². The lowest BCUT2D eigenvalue weighted by Crippen LogP contribution is -2.30. The van der Waals surface area contributed by atoms with Gasteiger partial charge in [-0.25, -0.2) is 9.59 Å². The highest BCUT2D eigenvalue weighted by molar-refractivity contribution is 8.24. The summed E-state index contributed by atoms with van der Waals surface area (Å²) in [6.45, 7) is 9.43. The van der Waals surface area contributed by atoms with E-state index in [0.717, 1.165) is 34.7 Å². The number of benzene rings is 3. The zero-order valence-electron chi connectivity index (χ0n) is 47.5. The van der Waals surface area contributed by atoms with Crippen molar-refractivity contribution in [3.63, 3.8) is 0 Å². The average Bonchev–Trinajstić information content (AvgIpc) is 3.01. The molecule has 1 heterocycles. The number of hydrogen-bond acceptors (Lipinski definition) is 24. The number of nitriles is 2. The standard InChI is InChI=1S/C62H64N2O20S2/c1-37(2)56(69)79-33-31-77-52(67)25-23-50(65)75-29-27-39-5-17-46(18-6-39)81-58(71)41-9-13-43(14-10-41)60(73)83-48-21-22-49(55-54(48)85-62(86-55)45(35-63)36-64)84-61(74)44-15-11-42(12-16-44)59(72)82-47-19-7-40(8-20-47)28-30-76-51(66)24-26-53(68)78-32-34-80-57(70)38(3)4/h5-8,17-22,41-44H,1,3,9-16,23-34H2,2,4H3. The molecule has 0 atom stereocenters. The number of ether oxygens (including phenoxy) is 10. The van der Waals surface area contributed by atoms with Crippen LogP contribution >= 0.6 is 23.5 Å². The molecular formula is C62H64N2O20S2. The van der Waals surface area contributed by atoms with Crippen LogP contribution < -0.4 is 18.9 Å². The van der Waals surface area contributed by atoms with E-state index in [1.807, 2.05) is 12.1 Å². The van der Waals surface area contributed by atoms with Crippen molar-refractivity contribution in [2.24, 2.45) is 23.7 Å². The fourth-order valence-electron chi connectivity index (χ4n) is 8.75. The van der Waals surface area contributed by atoms with Gasteiger partial charge in [0, 0.05) is 24.0 Å². The molecule has 0 N–H and O–H groups in total. The SMILES string of the molecule is C=C(C)C(=O)OCCOC(=O)CCC(=O)OCCc1ccc(OC(=O)C2CCC(C(=O)Oc3ccc(OC(=O)C4CCC(C(=O)Oc5ccc(CCOC(=O)CCC(=O)OCCOC(=O)C(=C)C)cc5)CC4)c4c3SC(=C(C#N)C#N)S4)CC2)cc1. The third-order valence-electron chi connectivity index (χ3n) is 13.6. The predicted molar refractivity (Wildman–Crippen MR) is 304 cm³/mol. The Kier molecular flexibility index (Phi) is 26.0. The zero-order valence-corrected chi connectivity index (χ0v) is 49.1. The molecule has 6 rings (SSSR count). The number of nitrogens with zero attached hydrogens (tertiary/aromatic N) is 2. The second kappa shape index (κ2) is 33.7. The first-order chi connectivity index (χ1) is 41.3. The minimum absolute atomic E-state index is 0.0506. The molecule has 1 aliphatic heterocycles. The highest BCUT2D eigenvalue weighted by Gasteiger charge is 2.37. The Labute approximate surface area is 504 Å². The Bertz CT molecular complexity index is 2950. The van der Waals surface area contributed by atoms with Gasteiger partial charge in [0.2, 0.25) is 0 Å². The minimum Gasteiger partial charge on any atom is -0.465 e. The van der Waals surface area contributed by atoms with Gasteiger partial charge in [-0.3, -0.25) is 38.4 Å². The fraction of sp³-hybridized carbons (Fsp3) is 0.419. The number of fused-ring (bicyclic) bond motifs is 1. The summed E-state index contributed by atoms with van der Waals surface area (Å²) in [5, 5.41) is 19.4. The molecule has 2 fully saturated rings. The van der Waals surface area contributed by atoms with Crippen LogP contribution in [0.3, 0.4) is 0 Å². The fourth-order valence-corrected chi connectivity index (χ4v) is 11.2. The maximum atomic E-state index is 13.7. The quantitative estimate of drug-likeness (QED) is 0.0164. The van der Waals surface area contributed by atoms with Gasteiger partial charge in [0.25, 0.3) is 0 Å². The van der Waals surface area contributed by atoms with Gasteiger partial charge in [-0.1, -0.05) is 60.9 Å². The molecule has 3 aromatic carbocycles. The van der Waals surface area contributed by atoms with Crippen LogP contribution in [0.25, 0.3) is 0 Å². The lowest BCUT2D eigenvalue weighted by molar-refractivity contribution is -0.153. The molecule has 0 unspecified atom stereocenters. The van der Waals surface area contributed by atoms with Crippen LogP contribution in [0.4, 0.5) is 0 Å². The average molecular weight is 1220 g/mol. The first-order valence-electron chi connectivity index (χ1n) is 27.7. The number of thioether (sulfide) groups is 2.